The Morgan fingerprint density at radius 3 is 2.47 bits per heavy atom. The monoisotopic (exact) mass is 275 g/mol. The van der Waals surface area contributed by atoms with E-state index in [-0.39, 0.29) is 29.6 Å². The van der Waals surface area contributed by atoms with Gasteiger partial charge < -0.3 is 15.2 Å². The molecular weight excluding hydrogens is 253 g/mol. The molecule has 0 saturated heterocycles. The predicted octanol–water partition coefficient (Wildman–Crippen LogP) is -0.693. The van der Waals surface area contributed by atoms with E-state index in [1.54, 1.807) is 0 Å². The van der Waals surface area contributed by atoms with Crippen LogP contribution in [0.25, 0.3) is 0 Å². The third-order valence-electron chi connectivity index (χ3n) is 2.29. The number of carbonyl (C=O) groups is 1. The molecule has 5 heteroatoms. The van der Waals surface area contributed by atoms with Crippen molar-refractivity contribution >= 4 is 11.9 Å². The summed E-state index contributed by atoms with van der Waals surface area (Å²) in [5, 5.41) is 19.3. The minimum atomic E-state index is -1.13. The molecule has 0 unspecified atom stereocenters. The van der Waals surface area contributed by atoms with Crippen LogP contribution < -0.4 is 34.7 Å². The number of carboxylic acids is 1. The fourth-order valence-corrected chi connectivity index (χ4v) is 1.34. The van der Waals surface area contributed by atoms with E-state index < -0.39 is 11.9 Å². The minimum absolute atomic E-state index is 0. The first-order valence-electron chi connectivity index (χ1n) is 6.44. The second-order valence-electron chi connectivity index (χ2n) is 4.00. The average molecular weight is 275 g/mol. The van der Waals surface area contributed by atoms with Crippen molar-refractivity contribution in [1.29, 1.82) is 0 Å². The standard InChI is InChI=1S/C14H23NO3.Na/c1-2-3-4-5-6-7-8-9-12-15-13(16)10-11-14(17)18;/h4-5,10-11H,2-3,6-9,12H2,1H3,(H,15,16)(H,17,18);/q;+1/p-1/b5-4+,11-10+;. The number of unbranched alkanes of at least 4 members (excludes halogenated alkanes) is 4. The zero-order valence-corrected chi connectivity index (χ0v) is 14.0. The molecule has 0 heterocycles. The van der Waals surface area contributed by atoms with E-state index in [9.17, 15) is 9.90 Å². The van der Waals surface area contributed by atoms with Gasteiger partial charge in [-0.25, -0.2) is 4.79 Å². The molecule has 0 aliphatic carbocycles. The van der Waals surface area contributed by atoms with Gasteiger partial charge in [-0.1, -0.05) is 31.9 Å². The Balaban J connectivity index is 0. The van der Waals surface area contributed by atoms with Gasteiger partial charge in [-0.05, 0) is 37.7 Å². The van der Waals surface area contributed by atoms with E-state index in [2.05, 4.69) is 24.1 Å². The summed E-state index contributed by atoms with van der Waals surface area (Å²) >= 11 is 0. The molecule has 0 aromatic heterocycles. The molecule has 0 aliphatic heterocycles. The average Bonchev–Trinajstić information content (AvgIpc) is 2.34. The molecular formula is C14H22NNaO3. The SMILES string of the molecule is CCC/C=C/CCCCCN=C([O-])/C=C/C(=O)O.[Na+]. The van der Waals surface area contributed by atoms with Gasteiger partial charge >= 0.3 is 35.5 Å². The summed E-state index contributed by atoms with van der Waals surface area (Å²) in [6.45, 7) is 2.63. The molecule has 0 radical (unpaired) electrons. The molecule has 0 aliphatic rings. The van der Waals surface area contributed by atoms with Crippen LogP contribution in [0.2, 0.25) is 0 Å². The molecule has 4 nitrogen and oxygen atoms in total. The van der Waals surface area contributed by atoms with Crippen molar-refractivity contribution in [3.8, 4) is 0 Å². The van der Waals surface area contributed by atoms with Gasteiger partial charge in [0.2, 0.25) is 0 Å². The normalized spacial score (nSPS) is 11.9. The van der Waals surface area contributed by atoms with Gasteiger partial charge in [-0.2, -0.15) is 0 Å². The topological polar surface area (TPSA) is 72.7 Å². The number of carboxylic acid groups (broad SMARTS) is 1. The molecule has 0 saturated carbocycles. The second kappa shape index (κ2) is 15.5. The quantitative estimate of drug-likeness (QED) is 0.143. The molecule has 0 rings (SSSR count). The zero-order valence-electron chi connectivity index (χ0n) is 12.0. The summed E-state index contributed by atoms with van der Waals surface area (Å²) in [6.07, 6.45) is 12.6. The Labute approximate surface area is 137 Å². The number of nitrogens with zero attached hydrogens (tertiary/aromatic N) is 1. The minimum Gasteiger partial charge on any atom is -0.859 e. The summed E-state index contributed by atoms with van der Waals surface area (Å²) < 4.78 is 0. The first-order valence-corrected chi connectivity index (χ1v) is 6.44. The first kappa shape index (κ1) is 20.7. The van der Waals surface area contributed by atoms with Crippen LogP contribution in [0, 0.1) is 0 Å². The number of aliphatic carboxylic acids is 1. The van der Waals surface area contributed by atoms with E-state index >= 15 is 0 Å². The van der Waals surface area contributed by atoms with Crippen molar-refractivity contribution in [2.75, 3.05) is 6.54 Å². The Kier molecular flexibility index (Phi) is 16.9. The predicted molar refractivity (Wildman–Crippen MR) is 71.6 cm³/mol. The maximum absolute atomic E-state index is 11.0. The molecule has 0 bridgehead atoms. The Morgan fingerprint density at radius 1 is 1.16 bits per heavy atom. The number of hydrogen-bond donors (Lipinski definition) is 1. The third-order valence-corrected chi connectivity index (χ3v) is 2.29. The van der Waals surface area contributed by atoms with Gasteiger partial charge in [0, 0.05) is 12.6 Å². The van der Waals surface area contributed by atoms with Crippen molar-refractivity contribution in [2.45, 2.75) is 45.4 Å². The van der Waals surface area contributed by atoms with E-state index in [0.29, 0.717) is 6.54 Å². The molecule has 19 heavy (non-hydrogen) atoms. The van der Waals surface area contributed by atoms with Crippen LogP contribution in [0.15, 0.2) is 29.3 Å². The van der Waals surface area contributed by atoms with Gasteiger partial charge in [0.15, 0.2) is 0 Å². The van der Waals surface area contributed by atoms with Crippen molar-refractivity contribution < 1.29 is 44.6 Å². The fraction of sp³-hybridized carbons (Fsp3) is 0.571. The summed E-state index contributed by atoms with van der Waals surface area (Å²) in [5.74, 6) is -1.60. The molecule has 0 spiro atoms. The van der Waals surface area contributed by atoms with Crippen LogP contribution in [0.5, 0.6) is 0 Å². The molecule has 0 aromatic carbocycles. The smallest absolute Gasteiger partial charge is 0.859 e. The summed E-state index contributed by atoms with van der Waals surface area (Å²) in [7, 11) is 0. The van der Waals surface area contributed by atoms with Gasteiger partial charge in [0.05, 0.1) is 0 Å². The molecule has 0 fully saturated rings. The van der Waals surface area contributed by atoms with Crippen LogP contribution >= 0.6 is 0 Å². The van der Waals surface area contributed by atoms with Gasteiger partial charge in [-0.15, -0.1) is 0 Å². The molecule has 1 N–H and O–H groups in total. The van der Waals surface area contributed by atoms with E-state index in [4.69, 9.17) is 5.11 Å². The summed E-state index contributed by atoms with van der Waals surface area (Å²) in [4.78, 5) is 13.9. The van der Waals surface area contributed by atoms with Crippen molar-refractivity contribution in [3.05, 3.63) is 24.3 Å². The van der Waals surface area contributed by atoms with Crippen molar-refractivity contribution in [2.24, 2.45) is 4.99 Å². The summed E-state index contributed by atoms with van der Waals surface area (Å²) in [5.41, 5.74) is 0. The molecule has 0 atom stereocenters. The van der Waals surface area contributed by atoms with Crippen LogP contribution in [0.4, 0.5) is 0 Å². The van der Waals surface area contributed by atoms with Crippen molar-refractivity contribution in [3.63, 3.8) is 0 Å². The van der Waals surface area contributed by atoms with E-state index in [1.807, 2.05) is 0 Å². The molecule has 0 amide bonds. The largest absolute Gasteiger partial charge is 1.00 e. The number of hydrogen-bond acceptors (Lipinski definition) is 3. The van der Waals surface area contributed by atoms with Crippen molar-refractivity contribution in [1.82, 2.24) is 0 Å². The van der Waals surface area contributed by atoms with Gasteiger partial charge in [-0.3, -0.25) is 0 Å². The first-order chi connectivity index (χ1) is 8.66. The van der Waals surface area contributed by atoms with Crippen LogP contribution in [0.1, 0.15) is 45.4 Å². The maximum Gasteiger partial charge on any atom is 1.00 e. The maximum atomic E-state index is 11.0. The Hall–Kier alpha value is -0.580. The van der Waals surface area contributed by atoms with Crippen LogP contribution in [0.3, 0.4) is 0 Å². The van der Waals surface area contributed by atoms with Gasteiger partial charge in [0.1, 0.15) is 0 Å². The third kappa shape index (κ3) is 17.4. The number of rotatable bonds is 10. The van der Waals surface area contributed by atoms with Crippen LogP contribution in [-0.4, -0.2) is 23.5 Å². The Bertz CT molecular complexity index is 312. The van der Waals surface area contributed by atoms with E-state index in [1.165, 1.54) is 6.42 Å². The van der Waals surface area contributed by atoms with Gasteiger partial charge in [0.25, 0.3) is 0 Å². The number of aliphatic imine (C=N–C) groups is 1. The number of allylic oxidation sites excluding steroid dienone is 2. The summed E-state index contributed by atoms with van der Waals surface area (Å²) in [6, 6.07) is 0. The molecule has 0 aromatic rings. The molecule has 102 valence electrons. The van der Waals surface area contributed by atoms with Crippen LogP contribution in [-0.2, 0) is 4.79 Å². The second-order valence-corrected chi connectivity index (χ2v) is 4.00. The Morgan fingerprint density at radius 2 is 1.84 bits per heavy atom. The zero-order chi connectivity index (χ0) is 13.6. The fourth-order valence-electron chi connectivity index (χ4n) is 1.34. The van der Waals surface area contributed by atoms with E-state index in [0.717, 1.165) is 44.3 Å².